The number of hydrogen-bond acceptors (Lipinski definition) is 4. The highest BCUT2D eigenvalue weighted by molar-refractivity contribution is 4.82. The van der Waals surface area contributed by atoms with Gasteiger partial charge in [-0.1, -0.05) is 13.8 Å². The van der Waals surface area contributed by atoms with E-state index in [-0.39, 0.29) is 6.04 Å². The topological polar surface area (TPSA) is 80.5 Å². The van der Waals surface area contributed by atoms with Crippen LogP contribution in [0.5, 0.6) is 0 Å². The third kappa shape index (κ3) is 2.96. The van der Waals surface area contributed by atoms with E-state index >= 15 is 0 Å². The smallest absolute Gasteiger partial charge is 0.149 e. The van der Waals surface area contributed by atoms with Crippen molar-refractivity contribution < 1.29 is 0 Å². The summed E-state index contributed by atoms with van der Waals surface area (Å²) in [5.41, 5.74) is 5.85. The zero-order valence-corrected chi connectivity index (χ0v) is 7.49. The molecule has 68 valence electrons. The molecule has 1 atom stereocenters. The van der Waals surface area contributed by atoms with Crippen molar-refractivity contribution in [2.75, 3.05) is 0 Å². The molecule has 0 unspecified atom stereocenters. The molecular formula is C7H15N5. The Morgan fingerprint density at radius 1 is 1.50 bits per heavy atom. The molecule has 12 heavy (non-hydrogen) atoms. The van der Waals surface area contributed by atoms with Crippen LogP contribution in [-0.4, -0.2) is 26.7 Å². The minimum atomic E-state index is 0.153. The van der Waals surface area contributed by atoms with E-state index in [1.54, 1.807) is 0 Å². The summed E-state index contributed by atoms with van der Waals surface area (Å²) in [5, 5.41) is 13.4. The van der Waals surface area contributed by atoms with Crippen LogP contribution in [-0.2, 0) is 6.42 Å². The van der Waals surface area contributed by atoms with Gasteiger partial charge in [0.25, 0.3) is 0 Å². The maximum atomic E-state index is 5.85. The van der Waals surface area contributed by atoms with Crippen molar-refractivity contribution >= 4 is 0 Å². The number of H-pyrrole nitrogens is 1. The molecule has 1 aromatic rings. The molecule has 0 saturated carbocycles. The maximum Gasteiger partial charge on any atom is 0.149 e. The molecule has 0 spiro atoms. The highest BCUT2D eigenvalue weighted by Gasteiger charge is 2.08. The van der Waals surface area contributed by atoms with E-state index in [9.17, 15) is 0 Å². The first kappa shape index (κ1) is 9.12. The Morgan fingerprint density at radius 2 is 2.25 bits per heavy atom. The van der Waals surface area contributed by atoms with Gasteiger partial charge in [-0.25, -0.2) is 5.10 Å². The lowest BCUT2D eigenvalue weighted by Crippen LogP contribution is -2.25. The lowest BCUT2D eigenvalue weighted by molar-refractivity contribution is 0.487. The Bertz CT molecular complexity index is 206. The largest absolute Gasteiger partial charge is 0.327 e. The van der Waals surface area contributed by atoms with Gasteiger partial charge < -0.3 is 5.73 Å². The van der Waals surface area contributed by atoms with E-state index < -0.39 is 0 Å². The van der Waals surface area contributed by atoms with Crippen molar-refractivity contribution in [3.63, 3.8) is 0 Å². The Morgan fingerprint density at radius 3 is 2.75 bits per heavy atom. The number of aromatic amines is 1. The van der Waals surface area contributed by atoms with Crippen LogP contribution in [0.15, 0.2) is 0 Å². The minimum Gasteiger partial charge on any atom is -0.327 e. The van der Waals surface area contributed by atoms with Crippen LogP contribution in [0.1, 0.15) is 26.1 Å². The van der Waals surface area contributed by atoms with Crippen molar-refractivity contribution in [1.29, 1.82) is 0 Å². The molecule has 0 aromatic carbocycles. The van der Waals surface area contributed by atoms with Crippen LogP contribution in [0.3, 0.4) is 0 Å². The van der Waals surface area contributed by atoms with Crippen LogP contribution >= 0.6 is 0 Å². The number of nitrogens with zero attached hydrogens (tertiary/aromatic N) is 3. The highest BCUT2D eigenvalue weighted by atomic mass is 15.5. The van der Waals surface area contributed by atoms with Crippen LogP contribution in [0.2, 0.25) is 0 Å². The Kier molecular flexibility index (Phi) is 3.16. The highest BCUT2D eigenvalue weighted by Crippen LogP contribution is 2.05. The van der Waals surface area contributed by atoms with Gasteiger partial charge in [-0.3, -0.25) is 0 Å². The van der Waals surface area contributed by atoms with E-state index in [1.165, 1.54) is 0 Å². The second-order valence-corrected chi connectivity index (χ2v) is 3.44. The first-order valence-electron chi connectivity index (χ1n) is 4.16. The Balaban J connectivity index is 2.32. The summed E-state index contributed by atoms with van der Waals surface area (Å²) in [6, 6.07) is 0.153. The molecule has 5 heteroatoms. The predicted octanol–water partition coefficient (Wildman–Crippen LogP) is 0.116. The zero-order chi connectivity index (χ0) is 8.97. The Labute approximate surface area is 71.7 Å². The van der Waals surface area contributed by atoms with Gasteiger partial charge in [-0.05, 0) is 22.8 Å². The predicted molar refractivity (Wildman–Crippen MR) is 45.3 cm³/mol. The van der Waals surface area contributed by atoms with Crippen LogP contribution in [0.4, 0.5) is 0 Å². The summed E-state index contributed by atoms with van der Waals surface area (Å²) >= 11 is 0. The van der Waals surface area contributed by atoms with Gasteiger partial charge in [0.1, 0.15) is 5.82 Å². The summed E-state index contributed by atoms with van der Waals surface area (Å²) in [6.45, 7) is 4.30. The fraction of sp³-hybridized carbons (Fsp3) is 0.857. The van der Waals surface area contributed by atoms with Crippen molar-refractivity contribution in [3.05, 3.63) is 5.82 Å². The summed E-state index contributed by atoms with van der Waals surface area (Å²) in [4.78, 5) is 0. The van der Waals surface area contributed by atoms with Gasteiger partial charge in [-0.15, -0.1) is 5.10 Å². The summed E-state index contributed by atoms with van der Waals surface area (Å²) < 4.78 is 0. The molecule has 0 aliphatic carbocycles. The molecule has 0 fully saturated rings. The summed E-state index contributed by atoms with van der Waals surface area (Å²) in [6.07, 6.45) is 1.73. The average molecular weight is 169 g/mol. The number of aromatic nitrogens is 4. The van der Waals surface area contributed by atoms with Gasteiger partial charge in [0.05, 0.1) is 0 Å². The van der Waals surface area contributed by atoms with Crippen molar-refractivity contribution in [2.45, 2.75) is 32.7 Å². The second-order valence-electron chi connectivity index (χ2n) is 3.44. The number of rotatable bonds is 4. The van der Waals surface area contributed by atoms with E-state index in [4.69, 9.17) is 5.73 Å². The molecule has 0 aliphatic heterocycles. The number of nitrogens with two attached hydrogens (primary N) is 1. The molecular weight excluding hydrogens is 154 g/mol. The second kappa shape index (κ2) is 4.15. The number of nitrogens with one attached hydrogen (secondary N) is 1. The van der Waals surface area contributed by atoms with E-state index in [0.29, 0.717) is 5.92 Å². The standard InChI is InChI=1S/C7H15N5/c1-5(2)3-6(8)4-7-9-11-12-10-7/h5-6H,3-4,8H2,1-2H3,(H,9,10,11,12)/t6-/m0/s1. The Hall–Kier alpha value is -0.970. The lowest BCUT2D eigenvalue weighted by atomic mass is 10.0. The van der Waals surface area contributed by atoms with E-state index in [2.05, 4.69) is 34.5 Å². The van der Waals surface area contributed by atoms with Gasteiger partial charge in [0.2, 0.25) is 0 Å². The SMILES string of the molecule is CC(C)C[C@H](N)Cc1nnn[nH]1. The van der Waals surface area contributed by atoms with Gasteiger partial charge in [0, 0.05) is 12.5 Å². The van der Waals surface area contributed by atoms with Crippen molar-refractivity contribution in [2.24, 2.45) is 11.7 Å². The quantitative estimate of drug-likeness (QED) is 0.670. The molecule has 0 amide bonds. The fourth-order valence-electron chi connectivity index (χ4n) is 1.20. The van der Waals surface area contributed by atoms with Crippen molar-refractivity contribution in [1.82, 2.24) is 20.6 Å². The fourth-order valence-corrected chi connectivity index (χ4v) is 1.20. The number of hydrogen-bond donors (Lipinski definition) is 2. The van der Waals surface area contributed by atoms with Crippen LogP contribution < -0.4 is 5.73 Å². The molecule has 5 nitrogen and oxygen atoms in total. The van der Waals surface area contributed by atoms with Crippen molar-refractivity contribution in [3.8, 4) is 0 Å². The molecule has 1 aromatic heterocycles. The molecule has 0 aliphatic rings. The molecule has 1 rings (SSSR count). The molecule has 0 radical (unpaired) electrons. The molecule has 1 heterocycles. The first-order valence-corrected chi connectivity index (χ1v) is 4.16. The van der Waals surface area contributed by atoms with Gasteiger partial charge in [-0.2, -0.15) is 0 Å². The normalized spacial score (nSPS) is 13.7. The third-order valence-corrected chi connectivity index (χ3v) is 1.62. The van der Waals surface area contributed by atoms with E-state index in [1.807, 2.05) is 0 Å². The van der Waals surface area contributed by atoms with Crippen LogP contribution in [0, 0.1) is 5.92 Å². The van der Waals surface area contributed by atoms with Gasteiger partial charge >= 0.3 is 0 Å². The molecule has 3 N–H and O–H groups in total. The van der Waals surface area contributed by atoms with E-state index in [0.717, 1.165) is 18.7 Å². The minimum absolute atomic E-state index is 0.153. The zero-order valence-electron chi connectivity index (χ0n) is 7.49. The van der Waals surface area contributed by atoms with Crippen LogP contribution in [0.25, 0.3) is 0 Å². The number of tetrazole rings is 1. The molecule has 0 saturated heterocycles. The maximum absolute atomic E-state index is 5.85. The first-order chi connectivity index (χ1) is 5.68. The summed E-state index contributed by atoms with van der Waals surface area (Å²) in [5.74, 6) is 1.39. The average Bonchev–Trinajstić information content (AvgIpc) is 2.37. The van der Waals surface area contributed by atoms with Gasteiger partial charge in [0.15, 0.2) is 0 Å². The monoisotopic (exact) mass is 169 g/mol. The molecule has 0 bridgehead atoms. The third-order valence-electron chi connectivity index (χ3n) is 1.62. The summed E-state index contributed by atoms with van der Waals surface area (Å²) in [7, 11) is 0. The lowest BCUT2D eigenvalue weighted by Gasteiger charge is -2.11.